The van der Waals surface area contributed by atoms with Gasteiger partial charge in [0.25, 0.3) is 0 Å². The normalized spacial score (nSPS) is 16.3. The van der Waals surface area contributed by atoms with E-state index in [4.69, 9.17) is 13.8 Å². The summed E-state index contributed by atoms with van der Waals surface area (Å²) in [5.74, 6) is -0.296. The molecule has 0 saturated carbocycles. The fourth-order valence-corrected chi connectivity index (χ4v) is 7.14. The number of aryl methyl sites for hydroxylation is 1. The molecule has 4 aromatic rings. The van der Waals surface area contributed by atoms with E-state index in [1.807, 2.05) is 0 Å². The van der Waals surface area contributed by atoms with Crippen LogP contribution in [0.4, 0.5) is 10.2 Å². The lowest BCUT2D eigenvalue weighted by atomic mass is 10.0. The number of nitrogens with one attached hydrogen (secondary N) is 1. The Morgan fingerprint density at radius 1 is 1.12 bits per heavy atom. The van der Waals surface area contributed by atoms with Crippen LogP contribution in [0.1, 0.15) is 43.4 Å². The Hall–Kier alpha value is -4.04. The van der Waals surface area contributed by atoms with E-state index in [-0.39, 0.29) is 50.1 Å². The van der Waals surface area contributed by atoms with Crippen molar-refractivity contribution < 1.29 is 37.1 Å². The van der Waals surface area contributed by atoms with Crippen LogP contribution in [0.15, 0.2) is 53.5 Å². The second-order valence-electron chi connectivity index (χ2n) is 11.1. The first-order valence-corrected chi connectivity index (χ1v) is 17.8. The van der Waals surface area contributed by atoms with Crippen LogP contribution >= 0.6 is 23.5 Å². The zero-order valence-electron chi connectivity index (χ0n) is 26.8. The van der Waals surface area contributed by atoms with Crippen LogP contribution in [0.3, 0.4) is 0 Å². The molecule has 1 N–H and O–H groups in total. The molecule has 1 aliphatic heterocycles. The van der Waals surface area contributed by atoms with Gasteiger partial charge in [-0.25, -0.2) is 19.3 Å². The molecule has 0 radical (unpaired) electrons. The summed E-state index contributed by atoms with van der Waals surface area (Å²) in [7, 11) is -3.63. The predicted molar refractivity (Wildman–Crippen MR) is 180 cm³/mol. The molecule has 3 aromatic heterocycles. The average molecular weight is 746 g/mol. The topological polar surface area (TPSA) is 155 Å². The number of alkyl halides is 1. The summed E-state index contributed by atoms with van der Waals surface area (Å²) in [4.78, 5) is 53.7. The van der Waals surface area contributed by atoms with Gasteiger partial charge in [-0.1, -0.05) is 6.07 Å². The van der Waals surface area contributed by atoms with Gasteiger partial charge in [0.05, 0.1) is 25.3 Å². The number of anilines is 1. The molecule has 13 nitrogen and oxygen atoms in total. The van der Waals surface area contributed by atoms with Crippen molar-refractivity contribution in [2.24, 2.45) is 0 Å². The molecule has 1 saturated heterocycles. The highest BCUT2D eigenvalue weighted by Gasteiger charge is 2.40. The van der Waals surface area contributed by atoms with Gasteiger partial charge in [-0.3, -0.25) is 18.9 Å². The number of hydrogen-bond donors (Lipinski definition) is 1. The van der Waals surface area contributed by atoms with Crippen molar-refractivity contribution in [1.29, 1.82) is 0 Å². The number of likely N-dealkylation sites (tertiary alicyclic amines) is 1. The third-order valence-electron chi connectivity index (χ3n) is 7.63. The largest absolute Gasteiger partial charge is 0.480 e. The van der Waals surface area contributed by atoms with E-state index in [0.717, 1.165) is 0 Å². The van der Waals surface area contributed by atoms with Crippen LogP contribution in [-0.2, 0) is 29.7 Å². The summed E-state index contributed by atoms with van der Waals surface area (Å²) in [5, 5.41) is 3.17. The molecule has 2 atom stereocenters. The third kappa shape index (κ3) is 7.97. The number of pyridine rings is 1. The SMILES string of the molecule is CCOP(=O)(COc1cc2c(cc1-c1cnc(C)nc1)c(C(C)=O)cn2CC(=O)N1C[C@H](F)CC1C(=O)Nc1cccc(Br)n1)OCC. The number of rotatable bonds is 13. The molecule has 254 valence electrons. The van der Waals surface area contributed by atoms with E-state index in [0.29, 0.717) is 38.0 Å². The Labute approximate surface area is 284 Å². The van der Waals surface area contributed by atoms with E-state index in [9.17, 15) is 23.3 Å². The molecule has 0 aliphatic carbocycles. The lowest BCUT2D eigenvalue weighted by Crippen LogP contribution is -2.44. The van der Waals surface area contributed by atoms with E-state index in [1.165, 1.54) is 11.8 Å². The fourth-order valence-electron chi connectivity index (χ4n) is 5.49. The van der Waals surface area contributed by atoms with Gasteiger partial charge in [0, 0.05) is 53.2 Å². The lowest BCUT2D eigenvalue weighted by Gasteiger charge is -2.24. The average Bonchev–Trinajstić information content (AvgIpc) is 3.60. The van der Waals surface area contributed by atoms with Gasteiger partial charge in [-0.05, 0) is 61.8 Å². The standard InChI is InChI=1S/C32H35BrFN6O7P/c1-5-46-48(44,47-6-2)18-45-28-12-26-24(11-23(28)21-13-35-20(4)36-14-21)25(19(3)41)16-39(26)17-31(42)40-15-22(34)10-27(40)32(43)38-30-9-7-8-29(33)37-30/h7-9,11-14,16,22,27H,5-6,10,15,17-18H2,1-4H3,(H,37,38,43)/t22-,27?/m1/s1. The van der Waals surface area contributed by atoms with E-state index < -0.39 is 38.0 Å². The molecular formula is C32H35BrFN6O7P. The van der Waals surface area contributed by atoms with Crippen molar-refractivity contribution in [3.8, 4) is 16.9 Å². The zero-order valence-corrected chi connectivity index (χ0v) is 29.3. The highest BCUT2D eigenvalue weighted by atomic mass is 79.9. The molecule has 1 unspecified atom stereocenters. The van der Waals surface area contributed by atoms with Crippen LogP contribution in [0.2, 0.25) is 0 Å². The minimum Gasteiger partial charge on any atom is -0.480 e. The Balaban J connectivity index is 1.51. The van der Waals surface area contributed by atoms with Crippen LogP contribution in [0.25, 0.3) is 22.0 Å². The summed E-state index contributed by atoms with van der Waals surface area (Å²) in [6.07, 6.45) is 2.76. The molecule has 2 amide bonds. The van der Waals surface area contributed by atoms with Gasteiger partial charge in [0.15, 0.2) is 12.1 Å². The van der Waals surface area contributed by atoms with Crippen LogP contribution in [0, 0.1) is 6.92 Å². The number of ketones is 1. The lowest BCUT2D eigenvalue weighted by molar-refractivity contribution is -0.137. The molecule has 5 rings (SSSR count). The maximum absolute atomic E-state index is 14.7. The first kappa shape index (κ1) is 35.3. The van der Waals surface area contributed by atoms with Crippen molar-refractivity contribution >= 4 is 57.8 Å². The number of fused-ring (bicyclic) bond motifs is 1. The second-order valence-corrected chi connectivity index (χ2v) is 13.9. The minimum atomic E-state index is -3.63. The highest BCUT2D eigenvalue weighted by molar-refractivity contribution is 9.10. The molecule has 0 spiro atoms. The van der Waals surface area contributed by atoms with Gasteiger partial charge in [0.2, 0.25) is 11.8 Å². The van der Waals surface area contributed by atoms with Crippen LogP contribution in [-0.4, -0.2) is 80.3 Å². The van der Waals surface area contributed by atoms with Crippen molar-refractivity contribution in [2.45, 2.75) is 52.9 Å². The molecule has 1 fully saturated rings. The Morgan fingerprint density at radius 3 is 2.48 bits per heavy atom. The Kier molecular flexibility index (Phi) is 11.0. The number of nitrogens with zero attached hydrogens (tertiary/aromatic N) is 5. The summed E-state index contributed by atoms with van der Waals surface area (Å²) >= 11 is 3.25. The smallest absolute Gasteiger partial charge is 0.367 e. The van der Waals surface area contributed by atoms with E-state index in [2.05, 4.69) is 36.2 Å². The van der Waals surface area contributed by atoms with Crippen molar-refractivity contribution in [2.75, 3.05) is 31.4 Å². The second kappa shape index (κ2) is 15.0. The van der Waals surface area contributed by atoms with Gasteiger partial charge in [0.1, 0.15) is 40.8 Å². The van der Waals surface area contributed by atoms with Crippen molar-refractivity contribution in [3.63, 3.8) is 0 Å². The summed E-state index contributed by atoms with van der Waals surface area (Å²) in [5.41, 5.74) is 1.84. The molecule has 1 aromatic carbocycles. The first-order valence-electron chi connectivity index (χ1n) is 15.3. The highest BCUT2D eigenvalue weighted by Crippen LogP contribution is 2.49. The number of carbonyl (C=O) groups excluding carboxylic acids is 3. The van der Waals surface area contributed by atoms with Gasteiger partial charge < -0.3 is 28.6 Å². The van der Waals surface area contributed by atoms with Gasteiger partial charge >= 0.3 is 7.60 Å². The predicted octanol–water partition coefficient (Wildman–Crippen LogP) is 5.95. The molecular weight excluding hydrogens is 710 g/mol. The maximum atomic E-state index is 14.7. The van der Waals surface area contributed by atoms with Gasteiger partial charge in [-0.2, -0.15) is 0 Å². The molecule has 1 aliphatic rings. The molecule has 0 bridgehead atoms. The minimum absolute atomic E-state index is 0.139. The molecule has 16 heteroatoms. The monoisotopic (exact) mass is 744 g/mol. The number of ether oxygens (including phenoxy) is 1. The number of aromatic nitrogens is 4. The fraction of sp³-hybridized carbons (Fsp3) is 0.375. The first-order chi connectivity index (χ1) is 22.9. The number of Topliss-reactive ketones (excluding diaryl/α,β-unsaturated/α-hetero) is 1. The number of amides is 2. The van der Waals surface area contributed by atoms with Crippen LogP contribution < -0.4 is 10.1 Å². The number of benzene rings is 1. The Morgan fingerprint density at radius 2 is 1.83 bits per heavy atom. The Bertz CT molecular complexity index is 1880. The van der Waals surface area contributed by atoms with Gasteiger partial charge in [-0.15, -0.1) is 0 Å². The zero-order chi connectivity index (χ0) is 34.6. The number of hydrogen-bond acceptors (Lipinski definition) is 10. The van der Waals surface area contributed by atoms with E-state index in [1.54, 1.807) is 74.3 Å². The maximum Gasteiger partial charge on any atom is 0.367 e. The van der Waals surface area contributed by atoms with Crippen molar-refractivity contribution in [3.05, 3.63) is 64.9 Å². The van der Waals surface area contributed by atoms with Crippen LogP contribution in [0.5, 0.6) is 5.75 Å². The van der Waals surface area contributed by atoms with E-state index >= 15 is 0 Å². The van der Waals surface area contributed by atoms with Crippen molar-refractivity contribution in [1.82, 2.24) is 24.4 Å². The summed E-state index contributed by atoms with van der Waals surface area (Å²) in [6.45, 7) is 6.24. The third-order valence-corrected chi connectivity index (χ3v) is 9.82. The number of carbonyl (C=O) groups is 3. The number of halogens is 2. The molecule has 48 heavy (non-hydrogen) atoms. The summed E-state index contributed by atoms with van der Waals surface area (Å²) in [6, 6.07) is 7.24. The quantitative estimate of drug-likeness (QED) is 0.0987. The summed E-state index contributed by atoms with van der Waals surface area (Å²) < 4.78 is 46.9. The molecule has 4 heterocycles.